The minimum atomic E-state index is -0.411. The molecule has 0 atom stereocenters. The molecule has 0 unspecified atom stereocenters. The molecule has 94 valence electrons. The molecule has 0 radical (unpaired) electrons. The predicted molar refractivity (Wildman–Crippen MR) is 74.1 cm³/mol. The van der Waals surface area contributed by atoms with Crippen LogP contribution in [0.5, 0.6) is 0 Å². The number of hydrogen-bond acceptors (Lipinski definition) is 3. The van der Waals surface area contributed by atoms with Gasteiger partial charge in [0.05, 0.1) is 16.3 Å². The van der Waals surface area contributed by atoms with E-state index in [0.717, 1.165) is 0 Å². The third kappa shape index (κ3) is 3.14. The number of benzene rings is 1. The lowest BCUT2D eigenvalue weighted by Gasteiger charge is -2.02. The molecule has 1 aromatic carbocycles. The van der Waals surface area contributed by atoms with Crippen molar-refractivity contribution >= 4 is 29.7 Å². The molecule has 19 heavy (non-hydrogen) atoms. The van der Waals surface area contributed by atoms with Crippen LogP contribution in [0.4, 0.5) is 0 Å². The van der Waals surface area contributed by atoms with Crippen molar-refractivity contribution in [2.75, 3.05) is 0 Å². The molecule has 0 aliphatic heterocycles. The van der Waals surface area contributed by atoms with Crippen molar-refractivity contribution < 1.29 is 9.59 Å². The zero-order valence-corrected chi connectivity index (χ0v) is 10.7. The van der Waals surface area contributed by atoms with Crippen LogP contribution in [-0.2, 0) is 4.79 Å². The Kier molecular flexibility index (Phi) is 4.21. The average Bonchev–Trinajstić information content (AvgIpc) is 2.46. The number of Topliss-reactive ketones (excluding diaryl/α,β-unsaturated/α-hetero) is 1. The SMILES string of the molecule is O=C/C(=C\c1ccccn1)C(=O)c1ccccc1Cl. The number of carbonyl (C=O) groups excluding carboxylic acids is 2. The lowest BCUT2D eigenvalue weighted by molar-refractivity contribution is -0.104. The van der Waals surface area contributed by atoms with Gasteiger partial charge < -0.3 is 0 Å². The third-order valence-electron chi connectivity index (χ3n) is 2.50. The summed E-state index contributed by atoms with van der Waals surface area (Å²) in [5, 5.41) is 0.321. The van der Waals surface area contributed by atoms with Crippen LogP contribution >= 0.6 is 11.6 Å². The highest BCUT2D eigenvalue weighted by Gasteiger charge is 2.14. The first-order chi connectivity index (χ1) is 9.22. The summed E-state index contributed by atoms with van der Waals surface area (Å²) in [7, 11) is 0. The number of halogens is 1. The smallest absolute Gasteiger partial charge is 0.197 e. The number of pyridine rings is 1. The maximum Gasteiger partial charge on any atom is 0.197 e. The van der Waals surface area contributed by atoms with Gasteiger partial charge in [-0.05, 0) is 30.3 Å². The molecule has 0 aliphatic rings. The second kappa shape index (κ2) is 6.07. The largest absolute Gasteiger partial charge is 0.298 e. The molecule has 0 fully saturated rings. The number of carbonyl (C=O) groups is 2. The lowest BCUT2D eigenvalue weighted by Crippen LogP contribution is -2.05. The van der Waals surface area contributed by atoms with E-state index < -0.39 is 5.78 Å². The second-order valence-electron chi connectivity index (χ2n) is 3.78. The van der Waals surface area contributed by atoms with Crippen LogP contribution in [0.1, 0.15) is 16.1 Å². The molecule has 0 N–H and O–H groups in total. The Morgan fingerprint density at radius 1 is 1.11 bits per heavy atom. The number of allylic oxidation sites excluding steroid dienone is 1. The molecule has 4 heteroatoms. The molecule has 0 aliphatic carbocycles. The fourth-order valence-corrected chi connectivity index (χ4v) is 1.80. The van der Waals surface area contributed by atoms with E-state index >= 15 is 0 Å². The second-order valence-corrected chi connectivity index (χ2v) is 4.19. The molecule has 0 amide bonds. The first-order valence-electron chi connectivity index (χ1n) is 5.59. The van der Waals surface area contributed by atoms with Crippen LogP contribution in [-0.4, -0.2) is 17.1 Å². The summed E-state index contributed by atoms with van der Waals surface area (Å²) in [4.78, 5) is 27.3. The topological polar surface area (TPSA) is 47.0 Å². The zero-order chi connectivity index (χ0) is 13.7. The van der Waals surface area contributed by atoms with Gasteiger partial charge in [-0.2, -0.15) is 0 Å². The van der Waals surface area contributed by atoms with E-state index in [2.05, 4.69) is 4.98 Å². The van der Waals surface area contributed by atoms with Gasteiger partial charge in [-0.25, -0.2) is 0 Å². The number of aldehydes is 1. The normalized spacial score (nSPS) is 11.1. The number of nitrogens with zero attached hydrogens (tertiary/aromatic N) is 1. The van der Waals surface area contributed by atoms with Crippen LogP contribution in [0.25, 0.3) is 6.08 Å². The highest BCUT2D eigenvalue weighted by Crippen LogP contribution is 2.19. The number of rotatable bonds is 4. The van der Waals surface area contributed by atoms with E-state index in [1.807, 2.05) is 0 Å². The van der Waals surface area contributed by atoms with Gasteiger partial charge in [0.25, 0.3) is 0 Å². The number of aromatic nitrogens is 1. The molecule has 0 saturated carbocycles. The van der Waals surface area contributed by atoms with Crippen molar-refractivity contribution in [2.45, 2.75) is 0 Å². The highest BCUT2D eigenvalue weighted by atomic mass is 35.5. The van der Waals surface area contributed by atoms with Crippen LogP contribution in [0.2, 0.25) is 5.02 Å². The summed E-state index contributed by atoms with van der Waals surface area (Å²) in [5.74, 6) is -0.411. The summed E-state index contributed by atoms with van der Waals surface area (Å²) in [6.07, 6.45) is 3.55. The van der Waals surface area contributed by atoms with E-state index in [1.54, 1.807) is 48.7 Å². The Morgan fingerprint density at radius 3 is 2.47 bits per heavy atom. The Bertz CT molecular complexity index is 636. The Labute approximate surface area is 115 Å². The van der Waals surface area contributed by atoms with Crippen LogP contribution in [0, 0.1) is 0 Å². The van der Waals surface area contributed by atoms with E-state index in [9.17, 15) is 9.59 Å². The van der Waals surface area contributed by atoms with Crippen LogP contribution in [0.15, 0.2) is 54.2 Å². The maximum absolute atomic E-state index is 12.2. The molecule has 2 aromatic rings. The highest BCUT2D eigenvalue weighted by molar-refractivity contribution is 6.36. The summed E-state index contributed by atoms with van der Waals surface area (Å²) < 4.78 is 0. The first-order valence-corrected chi connectivity index (χ1v) is 5.97. The van der Waals surface area contributed by atoms with Crippen molar-refractivity contribution in [1.82, 2.24) is 4.98 Å². The zero-order valence-electron chi connectivity index (χ0n) is 9.92. The Hall–Kier alpha value is -2.26. The van der Waals surface area contributed by atoms with Gasteiger partial charge in [0.1, 0.15) is 0 Å². The number of ketones is 1. The van der Waals surface area contributed by atoms with Crippen molar-refractivity contribution in [2.24, 2.45) is 0 Å². The van der Waals surface area contributed by atoms with Crippen molar-refractivity contribution in [3.63, 3.8) is 0 Å². The van der Waals surface area contributed by atoms with E-state index in [-0.39, 0.29) is 5.57 Å². The molecule has 0 spiro atoms. The Balaban J connectivity index is 2.38. The molecule has 0 bridgehead atoms. The summed E-state index contributed by atoms with van der Waals surface area (Å²) in [5.41, 5.74) is 0.871. The van der Waals surface area contributed by atoms with E-state index in [0.29, 0.717) is 22.6 Å². The van der Waals surface area contributed by atoms with Gasteiger partial charge >= 0.3 is 0 Å². The van der Waals surface area contributed by atoms with Gasteiger partial charge in [0.2, 0.25) is 0 Å². The molecule has 2 rings (SSSR count). The molecular weight excluding hydrogens is 262 g/mol. The summed E-state index contributed by atoms with van der Waals surface area (Å²) in [6.45, 7) is 0. The predicted octanol–water partition coefficient (Wildman–Crippen LogP) is 3.20. The molecule has 1 aromatic heterocycles. The van der Waals surface area contributed by atoms with Gasteiger partial charge in [-0.15, -0.1) is 0 Å². The summed E-state index contributed by atoms with van der Waals surface area (Å²) in [6, 6.07) is 11.9. The van der Waals surface area contributed by atoms with Crippen molar-refractivity contribution in [1.29, 1.82) is 0 Å². The molecule has 1 heterocycles. The standard InChI is InChI=1S/C15H10ClNO2/c16-14-7-2-1-6-13(14)15(19)11(10-18)9-12-5-3-4-8-17-12/h1-10H/b11-9+. The fraction of sp³-hybridized carbons (Fsp3) is 0. The monoisotopic (exact) mass is 271 g/mol. The van der Waals surface area contributed by atoms with Crippen molar-refractivity contribution in [3.05, 3.63) is 70.5 Å². The molecule has 0 saturated heterocycles. The van der Waals surface area contributed by atoms with Crippen LogP contribution < -0.4 is 0 Å². The van der Waals surface area contributed by atoms with E-state index in [4.69, 9.17) is 11.6 Å². The van der Waals surface area contributed by atoms with Gasteiger partial charge in [-0.1, -0.05) is 29.8 Å². The molecular formula is C15H10ClNO2. The number of hydrogen-bond donors (Lipinski definition) is 0. The van der Waals surface area contributed by atoms with Crippen LogP contribution in [0.3, 0.4) is 0 Å². The Morgan fingerprint density at radius 2 is 1.84 bits per heavy atom. The molecule has 3 nitrogen and oxygen atoms in total. The average molecular weight is 272 g/mol. The van der Waals surface area contributed by atoms with Gasteiger partial charge in [-0.3, -0.25) is 14.6 Å². The lowest BCUT2D eigenvalue weighted by atomic mass is 10.0. The first kappa shape index (κ1) is 13.2. The fourth-order valence-electron chi connectivity index (χ4n) is 1.57. The van der Waals surface area contributed by atoms with E-state index in [1.165, 1.54) is 6.08 Å². The van der Waals surface area contributed by atoms with Gasteiger partial charge in [0, 0.05) is 11.8 Å². The third-order valence-corrected chi connectivity index (χ3v) is 2.83. The minimum absolute atomic E-state index is 0.0202. The van der Waals surface area contributed by atoms with Gasteiger partial charge in [0.15, 0.2) is 12.1 Å². The minimum Gasteiger partial charge on any atom is -0.298 e. The van der Waals surface area contributed by atoms with Crippen molar-refractivity contribution in [3.8, 4) is 0 Å². The summed E-state index contributed by atoms with van der Waals surface area (Å²) >= 11 is 5.94. The quantitative estimate of drug-likeness (QED) is 0.282. The maximum atomic E-state index is 12.2.